The van der Waals surface area contributed by atoms with Crippen molar-refractivity contribution in [1.82, 2.24) is 4.58 Å². The number of nitrogens with zero attached hydrogens (tertiary/aromatic N) is 2. The molecular weight excluding hydrogens is 431 g/mol. The highest BCUT2D eigenvalue weighted by atomic mass is 32.1. The molecule has 0 N–H and O–H groups in total. The van der Waals surface area contributed by atoms with Gasteiger partial charge in [0.2, 0.25) is 5.36 Å². The zero-order valence-corrected chi connectivity index (χ0v) is 21.1. The van der Waals surface area contributed by atoms with E-state index in [9.17, 15) is 4.39 Å². The van der Waals surface area contributed by atoms with Crippen LogP contribution in [0.25, 0.3) is 11.1 Å². The Labute approximate surface area is 201 Å². The predicted octanol–water partition coefficient (Wildman–Crippen LogP) is 4.74. The third-order valence-corrected chi connectivity index (χ3v) is 7.68. The van der Waals surface area contributed by atoms with Crippen LogP contribution in [0.5, 0.6) is 11.5 Å². The smallest absolute Gasteiger partial charge is 0.206 e. The van der Waals surface area contributed by atoms with Crippen molar-refractivity contribution >= 4 is 29.5 Å². The third-order valence-electron chi connectivity index (χ3n) is 7.34. The molecule has 0 atom stereocenters. The Bertz CT molecular complexity index is 1280. The highest BCUT2D eigenvalue weighted by Crippen LogP contribution is 2.45. The van der Waals surface area contributed by atoms with E-state index in [1.807, 2.05) is 0 Å². The molecule has 0 fully saturated rings. The maximum atomic E-state index is 14.6. The van der Waals surface area contributed by atoms with Gasteiger partial charge in [-0.15, -0.1) is 0 Å². The van der Waals surface area contributed by atoms with Crippen LogP contribution in [0.15, 0.2) is 30.3 Å². The fourth-order valence-corrected chi connectivity index (χ4v) is 6.15. The summed E-state index contributed by atoms with van der Waals surface area (Å²) in [4.78, 5) is 2.39. The van der Waals surface area contributed by atoms with E-state index in [0.29, 0.717) is 5.75 Å². The van der Waals surface area contributed by atoms with Crippen LogP contribution in [-0.2, 0) is 6.42 Å². The van der Waals surface area contributed by atoms with Crippen LogP contribution in [0.1, 0.15) is 57.2 Å². The van der Waals surface area contributed by atoms with Gasteiger partial charge in [0, 0.05) is 64.4 Å². The molecule has 3 nitrogen and oxygen atoms in total. The summed E-state index contributed by atoms with van der Waals surface area (Å²) in [6, 6.07) is 8.58. The van der Waals surface area contributed by atoms with Crippen LogP contribution >= 0.6 is 12.6 Å². The van der Waals surface area contributed by atoms with Gasteiger partial charge >= 0.3 is 0 Å². The molecule has 5 heteroatoms. The van der Waals surface area contributed by atoms with Crippen LogP contribution < -0.4 is 24.8 Å². The average molecular weight is 466 g/mol. The molecule has 2 aromatic carbocycles. The second kappa shape index (κ2) is 8.50. The normalized spacial score (nSPS) is 18.1. The lowest BCUT2D eigenvalue weighted by Gasteiger charge is -2.43. The van der Waals surface area contributed by atoms with E-state index in [1.54, 1.807) is 0 Å². The number of hydrogen-bond acceptors (Lipinski definition) is 3. The molecule has 0 bridgehead atoms. The highest BCUT2D eigenvalue weighted by molar-refractivity contribution is 7.80. The van der Waals surface area contributed by atoms with Gasteiger partial charge in [-0.05, 0) is 44.9 Å². The molecule has 3 aliphatic heterocycles. The largest absolute Gasteiger partial charge is 0.456 e. The monoisotopic (exact) mass is 465 g/mol. The Morgan fingerprint density at radius 2 is 1.94 bits per heavy atom. The summed E-state index contributed by atoms with van der Waals surface area (Å²) < 4.78 is 23.6. The number of anilines is 1. The summed E-state index contributed by atoms with van der Waals surface area (Å²) in [6.07, 6.45) is 5.58. The van der Waals surface area contributed by atoms with Crippen LogP contribution in [0.4, 0.5) is 10.1 Å². The van der Waals surface area contributed by atoms with Gasteiger partial charge in [0.05, 0.1) is 11.6 Å². The lowest BCUT2D eigenvalue weighted by molar-refractivity contribution is 0.459. The summed E-state index contributed by atoms with van der Waals surface area (Å²) in [6.45, 7) is 11.3. The zero-order chi connectivity index (χ0) is 23.3. The zero-order valence-electron chi connectivity index (χ0n) is 20.2. The van der Waals surface area contributed by atoms with Gasteiger partial charge in [0.25, 0.3) is 0 Å². The van der Waals surface area contributed by atoms with Crippen molar-refractivity contribution in [3.05, 3.63) is 57.6 Å². The van der Waals surface area contributed by atoms with Crippen molar-refractivity contribution in [1.29, 1.82) is 0 Å². The summed E-state index contributed by atoms with van der Waals surface area (Å²) in [5, 5.41) is 2.15. The number of likely N-dealkylation sites (N-methyl/N-ethyl adjacent to an activating group) is 1. The van der Waals surface area contributed by atoms with Crippen LogP contribution in [0.2, 0.25) is 0 Å². The van der Waals surface area contributed by atoms with Crippen molar-refractivity contribution in [3.63, 3.8) is 0 Å². The first-order valence-corrected chi connectivity index (χ1v) is 12.9. The van der Waals surface area contributed by atoms with Gasteiger partial charge < -0.3 is 9.64 Å². The molecule has 2 aromatic rings. The number of hydrogen-bond donors (Lipinski definition) is 1. The molecule has 0 aromatic heterocycles. The molecule has 0 spiro atoms. The van der Waals surface area contributed by atoms with E-state index in [4.69, 9.17) is 4.74 Å². The summed E-state index contributed by atoms with van der Waals surface area (Å²) in [7, 11) is 0. The Balaban J connectivity index is 1.76. The van der Waals surface area contributed by atoms with Crippen molar-refractivity contribution in [2.45, 2.75) is 52.5 Å². The topological polar surface area (TPSA) is 15.5 Å². The summed E-state index contributed by atoms with van der Waals surface area (Å²) >= 11 is 4.62. The number of ether oxygens (including phenoxy) is 1. The van der Waals surface area contributed by atoms with Gasteiger partial charge in [-0.2, -0.15) is 12.6 Å². The lowest BCUT2D eigenvalue weighted by Crippen LogP contribution is -2.45. The molecule has 5 rings (SSSR count). The Morgan fingerprint density at radius 1 is 1.12 bits per heavy atom. The number of halogens is 1. The van der Waals surface area contributed by atoms with Crippen LogP contribution in [0, 0.1) is 0 Å². The maximum absolute atomic E-state index is 14.6. The van der Waals surface area contributed by atoms with Crippen molar-refractivity contribution in [2.24, 2.45) is 0 Å². The van der Waals surface area contributed by atoms with E-state index in [-0.39, 0.29) is 5.54 Å². The molecule has 0 aliphatic carbocycles. The average Bonchev–Trinajstić information content (AvgIpc) is 2.80. The van der Waals surface area contributed by atoms with Crippen molar-refractivity contribution < 1.29 is 9.13 Å². The number of thiol groups is 1. The van der Waals surface area contributed by atoms with E-state index < -0.39 is 6.67 Å². The third kappa shape index (κ3) is 3.60. The summed E-state index contributed by atoms with van der Waals surface area (Å²) in [5.74, 6) is 2.18. The second-order valence-corrected chi connectivity index (χ2v) is 10.2. The molecule has 0 unspecified atom stereocenters. The van der Waals surface area contributed by atoms with Crippen LogP contribution in [0.3, 0.4) is 0 Å². The summed E-state index contributed by atoms with van der Waals surface area (Å²) in [5.41, 5.74) is 6.25. The van der Waals surface area contributed by atoms with Crippen molar-refractivity contribution in [2.75, 3.05) is 37.0 Å². The first kappa shape index (κ1) is 22.5. The molecule has 3 heterocycles. The van der Waals surface area contributed by atoms with E-state index >= 15 is 0 Å². The first-order chi connectivity index (χ1) is 15.9. The minimum atomic E-state index is -0.511. The minimum Gasteiger partial charge on any atom is -0.456 e. The van der Waals surface area contributed by atoms with Gasteiger partial charge in [0.15, 0.2) is 0 Å². The molecule has 0 amide bonds. The number of rotatable bonds is 5. The lowest BCUT2D eigenvalue weighted by atomic mass is 9.86. The maximum Gasteiger partial charge on any atom is 0.206 e. The van der Waals surface area contributed by atoms with Gasteiger partial charge in [-0.25, -0.2) is 8.97 Å². The van der Waals surface area contributed by atoms with Crippen LogP contribution in [-0.4, -0.2) is 37.6 Å². The first-order valence-electron chi connectivity index (χ1n) is 12.2. The number of aryl methyl sites for hydroxylation is 1. The predicted molar refractivity (Wildman–Crippen MR) is 139 cm³/mol. The SMILES string of the molecule is CCC[N+]1=c2cc3c(cc2CCC1)=C(CF)c1cc2c(cc1O3)N(CC)C(C)(C)C=C2CS. The molecule has 0 radical (unpaired) electrons. The van der Waals surface area contributed by atoms with E-state index in [2.05, 4.69) is 80.1 Å². The molecular formula is C28H34FN2OS+. The minimum absolute atomic E-state index is 0.118. The number of benzene rings is 2. The standard InChI is InChI=1S/C28H33FN2OS/c1-5-9-30-10-7-8-18-11-21-23(16-29)22-12-20-19(17-33)15-28(3,4)31(6-2)25(20)14-27(22)32-26(21)13-24(18)30/h11-15H,5-10,16-17H2,1-4H3/p+1. The molecule has 3 aliphatic rings. The van der Waals surface area contributed by atoms with Gasteiger partial charge in [-0.1, -0.05) is 13.0 Å². The fraction of sp³-hybridized carbons (Fsp3) is 0.464. The molecule has 174 valence electrons. The number of alkyl halides is 1. The molecule has 0 saturated heterocycles. The Hall–Kier alpha value is -2.27. The van der Waals surface area contributed by atoms with Crippen molar-refractivity contribution in [3.8, 4) is 11.5 Å². The Morgan fingerprint density at radius 3 is 2.64 bits per heavy atom. The van der Waals surface area contributed by atoms with E-state index in [0.717, 1.165) is 78.0 Å². The number of fused-ring (bicyclic) bond motifs is 4. The Kier molecular flexibility index (Phi) is 5.80. The quantitative estimate of drug-likeness (QED) is 0.507. The second-order valence-electron chi connectivity index (χ2n) is 9.87. The van der Waals surface area contributed by atoms with Gasteiger partial charge in [-0.3, -0.25) is 0 Å². The fourth-order valence-electron chi connectivity index (χ4n) is 5.89. The van der Waals surface area contributed by atoms with E-state index in [1.165, 1.54) is 16.5 Å². The van der Waals surface area contributed by atoms with Gasteiger partial charge in [0.1, 0.15) is 31.3 Å². The highest BCUT2D eigenvalue weighted by Gasteiger charge is 2.33. The molecule has 0 saturated carbocycles. The molecule has 33 heavy (non-hydrogen) atoms.